The van der Waals surface area contributed by atoms with Crippen LogP contribution in [0.2, 0.25) is 0 Å². The first-order chi connectivity index (χ1) is 7.83. The summed E-state index contributed by atoms with van der Waals surface area (Å²) >= 11 is 0. The summed E-state index contributed by atoms with van der Waals surface area (Å²) in [5, 5.41) is 3.18. The normalized spacial score (nSPS) is 12.6. The van der Waals surface area contributed by atoms with E-state index in [1.165, 1.54) is 6.07 Å². The average Bonchev–Trinajstić information content (AvgIpc) is 2.80. The van der Waals surface area contributed by atoms with Crippen LogP contribution in [0.4, 0.5) is 4.39 Å². The molecule has 0 aliphatic carbocycles. The van der Waals surface area contributed by atoms with Crippen LogP contribution >= 0.6 is 0 Å². The molecular formula is C12H13FN2O. The minimum Gasteiger partial charge on any atom is -0.472 e. The molecule has 0 amide bonds. The highest BCUT2D eigenvalue weighted by molar-refractivity contribution is 5.25. The van der Waals surface area contributed by atoms with E-state index < -0.39 is 0 Å². The molecule has 1 unspecified atom stereocenters. The zero-order valence-electron chi connectivity index (χ0n) is 8.98. The van der Waals surface area contributed by atoms with Crippen molar-refractivity contribution < 1.29 is 8.81 Å². The van der Waals surface area contributed by atoms with Crippen molar-refractivity contribution >= 4 is 0 Å². The summed E-state index contributed by atoms with van der Waals surface area (Å²) in [4.78, 5) is 4.07. The van der Waals surface area contributed by atoms with E-state index in [9.17, 15) is 4.39 Å². The van der Waals surface area contributed by atoms with Crippen LogP contribution in [0.25, 0.3) is 0 Å². The number of hydrogen-bond donors (Lipinski definition) is 1. The van der Waals surface area contributed by atoms with Gasteiger partial charge in [-0.05, 0) is 24.7 Å². The minimum absolute atomic E-state index is 0.259. The average molecular weight is 220 g/mol. The molecular weight excluding hydrogens is 207 g/mol. The molecule has 0 aliphatic heterocycles. The van der Waals surface area contributed by atoms with E-state index in [0.29, 0.717) is 5.69 Å². The van der Waals surface area contributed by atoms with E-state index in [-0.39, 0.29) is 11.9 Å². The van der Waals surface area contributed by atoms with Crippen molar-refractivity contribution in [2.75, 3.05) is 6.54 Å². The lowest BCUT2D eigenvalue weighted by atomic mass is 10.1. The van der Waals surface area contributed by atoms with Gasteiger partial charge in [0.2, 0.25) is 0 Å². The third-order valence-corrected chi connectivity index (χ3v) is 2.35. The predicted molar refractivity (Wildman–Crippen MR) is 58.4 cm³/mol. The Morgan fingerprint density at radius 1 is 1.50 bits per heavy atom. The van der Waals surface area contributed by atoms with Crippen molar-refractivity contribution in [3.8, 4) is 0 Å². The van der Waals surface area contributed by atoms with Crippen LogP contribution in [0.3, 0.4) is 0 Å². The lowest BCUT2D eigenvalue weighted by molar-refractivity contribution is 0.528. The monoisotopic (exact) mass is 220 g/mol. The topological polar surface area (TPSA) is 38.1 Å². The Morgan fingerprint density at radius 3 is 3.00 bits per heavy atom. The number of pyridine rings is 1. The first-order valence-electron chi connectivity index (χ1n) is 5.18. The van der Waals surface area contributed by atoms with Crippen LogP contribution < -0.4 is 5.32 Å². The SMILES string of the molecule is CCNC(c1ccoc1)c1ncccc1F. The van der Waals surface area contributed by atoms with Gasteiger partial charge in [0.1, 0.15) is 5.82 Å². The van der Waals surface area contributed by atoms with Gasteiger partial charge in [0, 0.05) is 11.8 Å². The van der Waals surface area contributed by atoms with Crippen LogP contribution in [-0.2, 0) is 0 Å². The molecule has 0 saturated heterocycles. The lowest BCUT2D eigenvalue weighted by Gasteiger charge is -2.15. The highest BCUT2D eigenvalue weighted by atomic mass is 19.1. The summed E-state index contributed by atoms with van der Waals surface area (Å²) in [5.41, 5.74) is 1.27. The molecule has 1 N–H and O–H groups in total. The smallest absolute Gasteiger partial charge is 0.146 e. The van der Waals surface area contributed by atoms with Gasteiger partial charge >= 0.3 is 0 Å². The fourth-order valence-corrected chi connectivity index (χ4v) is 1.63. The Kier molecular flexibility index (Phi) is 3.31. The predicted octanol–water partition coefficient (Wildman–Crippen LogP) is 2.51. The van der Waals surface area contributed by atoms with Crippen LogP contribution in [-0.4, -0.2) is 11.5 Å². The number of halogens is 1. The van der Waals surface area contributed by atoms with Crippen molar-refractivity contribution in [1.29, 1.82) is 0 Å². The minimum atomic E-state index is -0.311. The van der Waals surface area contributed by atoms with Crippen molar-refractivity contribution in [3.63, 3.8) is 0 Å². The van der Waals surface area contributed by atoms with Gasteiger partial charge in [-0.2, -0.15) is 0 Å². The zero-order chi connectivity index (χ0) is 11.4. The number of nitrogens with zero attached hydrogens (tertiary/aromatic N) is 1. The summed E-state index contributed by atoms with van der Waals surface area (Å²) in [7, 11) is 0. The van der Waals surface area contributed by atoms with Gasteiger partial charge in [-0.15, -0.1) is 0 Å². The Bertz CT molecular complexity index is 442. The second-order valence-corrected chi connectivity index (χ2v) is 3.42. The van der Waals surface area contributed by atoms with E-state index in [2.05, 4.69) is 10.3 Å². The largest absolute Gasteiger partial charge is 0.472 e. The second-order valence-electron chi connectivity index (χ2n) is 3.42. The van der Waals surface area contributed by atoms with E-state index in [0.717, 1.165) is 12.1 Å². The molecule has 0 aliphatic rings. The molecule has 2 rings (SSSR count). The first kappa shape index (κ1) is 10.8. The third kappa shape index (κ3) is 2.12. The van der Waals surface area contributed by atoms with Gasteiger partial charge in [-0.1, -0.05) is 6.92 Å². The summed E-state index contributed by atoms with van der Waals surface area (Å²) < 4.78 is 18.6. The fraction of sp³-hybridized carbons (Fsp3) is 0.250. The number of rotatable bonds is 4. The maximum Gasteiger partial charge on any atom is 0.146 e. The van der Waals surface area contributed by atoms with E-state index in [4.69, 9.17) is 4.42 Å². The Labute approximate surface area is 93.3 Å². The van der Waals surface area contributed by atoms with Gasteiger partial charge in [-0.3, -0.25) is 4.98 Å². The van der Waals surface area contributed by atoms with E-state index in [1.807, 2.05) is 6.92 Å². The molecule has 0 fully saturated rings. The molecule has 4 heteroatoms. The maximum atomic E-state index is 13.6. The Morgan fingerprint density at radius 2 is 2.38 bits per heavy atom. The van der Waals surface area contributed by atoms with Crippen LogP contribution in [0.5, 0.6) is 0 Å². The standard InChI is InChI=1S/C12H13FN2O/c1-2-14-11(9-5-7-16-8-9)12-10(13)4-3-6-15-12/h3-8,11,14H,2H2,1H3. The number of aromatic nitrogens is 1. The van der Waals surface area contributed by atoms with Crippen molar-refractivity contribution in [3.05, 3.63) is 54.0 Å². The summed E-state index contributed by atoms with van der Waals surface area (Å²) in [6, 6.07) is 4.54. The quantitative estimate of drug-likeness (QED) is 0.860. The number of furan rings is 1. The zero-order valence-corrected chi connectivity index (χ0v) is 8.98. The fourth-order valence-electron chi connectivity index (χ4n) is 1.63. The van der Waals surface area contributed by atoms with Crippen molar-refractivity contribution in [1.82, 2.24) is 10.3 Å². The van der Waals surface area contributed by atoms with Crippen LogP contribution in [0, 0.1) is 5.82 Å². The molecule has 3 nitrogen and oxygen atoms in total. The summed E-state index contributed by atoms with van der Waals surface area (Å²) in [6.07, 6.45) is 4.75. The first-order valence-corrected chi connectivity index (χ1v) is 5.18. The van der Waals surface area contributed by atoms with Gasteiger partial charge in [-0.25, -0.2) is 4.39 Å². The highest BCUT2D eigenvalue weighted by Crippen LogP contribution is 2.22. The molecule has 1 atom stereocenters. The lowest BCUT2D eigenvalue weighted by Crippen LogP contribution is -2.23. The van der Waals surface area contributed by atoms with Gasteiger partial charge in [0.05, 0.1) is 24.3 Å². The molecule has 16 heavy (non-hydrogen) atoms. The molecule has 0 spiro atoms. The molecule has 84 valence electrons. The van der Waals surface area contributed by atoms with Gasteiger partial charge in [0.15, 0.2) is 0 Å². The number of nitrogens with one attached hydrogen (secondary N) is 1. The molecule has 0 aromatic carbocycles. The number of hydrogen-bond acceptors (Lipinski definition) is 3. The van der Waals surface area contributed by atoms with Crippen LogP contribution in [0.15, 0.2) is 41.3 Å². The molecule has 2 aromatic heterocycles. The summed E-state index contributed by atoms with van der Waals surface area (Å²) in [6.45, 7) is 2.69. The highest BCUT2D eigenvalue weighted by Gasteiger charge is 2.18. The molecule has 0 saturated carbocycles. The van der Waals surface area contributed by atoms with Gasteiger partial charge < -0.3 is 9.73 Å². The molecule has 0 bridgehead atoms. The second kappa shape index (κ2) is 4.90. The Balaban J connectivity index is 2.37. The molecule has 0 radical (unpaired) electrons. The van der Waals surface area contributed by atoms with E-state index in [1.54, 1.807) is 30.9 Å². The van der Waals surface area contributed by atoms with Crippen LogP contribution in [0.1, 0.15) is 24.2 Å². The Hall–Kier alpha value is -1.68. The summed E-state index contributed by atoms with van der Waals surface area (Å²) in [5.74, 6) is -0.311. The maximum absolute atomic E-state index is 13.6. The van der Waals surface area contributed by atoms with Crippen molar-refractivity contribution in [2.45, 2.75) is 13.0 Å². The molecule has 2 aromatic rings. The van der Waals surface area contributed by atoms with Crippen molar-refractivity contribution in [2.24, 2.45) is 0 Å². The van der Waals surface area contributed by atoms with Gasteiger partial charge in [0.25, 0.3) is 0 Å². The van der Waals surface area contributed by atoms with E-state index >= 15 is 0 Å². The molecule has 2 heterocycles. The third-order valence-electron chi connectivity index (χ3n) is 2.35.